The van der Waals surface area contributed by atoms with Crippen LogP contribution in [0, 0.1) is 0 Å². The number of benzene rings is 1. The Morgan fingerprint density at radius 3 is 3.04 bits per heavy atom. The minimum absolute atomic E-state index is 0.268. The quantitative estimate of drug-likeness (QED) is 0.932. The molecule has 0 spiro atoms. The fraction of sp³-hybridized carbons (Fsp3) is 0.471. The van der Waals surface area contributed by atoms with Crippen LogP contribution >= 0.6 is 0 Å². The molecule has 0 bridgehead atoms. The molecule has 4 rings (SSSR count). The van der Waals surface area contributed by atoms with Crippen LogP contribution in [0.3, 0.4) is 0 Å². The van der Waals surface area contributed by atoms with E-state index in [4.69, 9.17) is 4.74 Å². The monoisotopic (exact) mass is 311 g/mol. The molecule has 1 aromatic heterocycles. The Morgan fingerprint density at radius 1 is 1.26 bits per heavy atom. The first-order chi connectivity index (χ1) is 11.4. The van der Waals surface area contributed by atoms with Crippen LogP contribution < -0.4 is 10.2 Å². The maximum absolute atomic E-state index is 5.61. The van der Waals surface area contributed by atoms with Gasteiger partial charge in [0.1, 0.15) is 0 Å². The van der Waals surface area contributed by atoms with Gasteiger partial charge in [0.05, 0.1) is 12.3 Å². The van der Waals surface area contributed by atoms with Gasteiger partial charge in [-0.15, -0.1) is 5.10 Å². The van der Waals surface area contributed by atoms with E-state index in [1.165, 1.54) is 11.1 Å². The summed E-state index contributed by atoms with van der Waals surface area (Å²) in [4.78, 5) is 6.87. The fourth-order valence-corrected chi connectivity index (χ4v) is 3.22. The van der Waals surface area contributed by atoms with Crippen LogP contribution in [0.4, 0.5) is 11.8 Å². The highest BCUT2D eigenvalue weighted by molar-refractivity contribution is 5.44. The van der Waals surface area contributed by atoms with Gasteiger partial charge in [0.2, 0.25) is 5.95 Å². The lowest BCUT2D eigenvalue weighted by Crippen LogP contribution is -2.31. The molecule has 2 aliphatic heterocycles. The molecule has 6 heteroatoms. The summed E-state index contributed by atoms with van der Waals surface area (Å²) in [7, 11) is 0. The van der Waals surface area contributed by atoms with Gasteiger partial charge in [-0.05, 0) is 30.4 Å². The molecule has 6 nitrogen and oxygen atoms in total. The summed E-state index contributed by atoms with van der Waals surface area (Å²) in [5.41, 5.74) is 2.80. The first-order valence-electron chi connectivity index (χ1n) is 8.25. The molecule has 1 atom stereocenters. The number of rotatable bonds is 4. The number of anilines is 2. The molecule has 1 saturated heterocycles. The van der Waals surface area contributed by atoms with Crippen LogP contribution in [0.15, 0.2) is 30.5 Å². The van der Waals surface area contributed by atoms with Gasteiger partial charge in [-0.2, -0.15) is 10.1 Å². The van der Waals surface area contributed by atoms with Crippen LogP contribution in [-0.4, -0.2) is 41.0 Å². The second-order valence-electron chi connectivity index (χ2n) is 6.09. The van der Waals surface area contributed by atoms with Crippen molar-refractivity contribution in [2.24, 2.45) is 0 Å². The molecule has 0 saturated carbocycles. The largest absolute Gasteiger partial charge is 0.376 e. The third kappa shape index (κ3) is 3.27. The molecule has 0 aliphatic carbocycles. The summed E-state index contributed by atoms with van der Waals surface area (Å²) < 4.78 is 5.61. The van der Waals surface area contributed by atoms with E-state index >= 15 is 0 Å². The minimum atomic E-state index is 0.268. The Morgan fingerprint density at radius 2 is 2.17 bits per heavy atom. The molecule has 2 aliphatic rings. The Bertz CT molecular complexity index is 672. The van der Waals surface area contributed by atoms with E-state index in [9.17, 15) is 0 Å². The highest BCUT2D eigenvalue weighted by Gasteiger charge is 2.19. The van der Waals surface area contributed by atoms with E-state index in [1.807, 2.05) is 0 Å². The van der Waals surface area contributed by atoms with Crippen LogP contribution in [0.2, 0.25) is 0 Å². The number of aromatic nitrogens is 3. The Labute approximate surface area is 135 Å². The topological polar surface area (TPSA) is 63.2 Å². The summed E-state index contributed by atoms with van der Waals surface area (Å²) in [5, 5.41) is 11.4. The van der Waals surface area contributed by atoms with Crippen molar-refractivity contribution in [2.75, 3.05) is 29.9 Å². The Balaban J connectivity index is 1.44. The SMILES string of the molecule is c1ccc2c(c1)CCN(c1cnnc(NCC3CCCO3)n1)C2. The van der Waals surface area contributed by atoms with Crippen molar-refractivity contribution in [3.05, 3.63) is 41.6 Å². The number of ether oxygens (including phenoxy) is 1. The maximum atomic E-state index is 5.61. The van der Waals surface area contributed by atoms with E-state index in [2.05, 4.69) is 49.7 Å². The minimum Gasteiger partial charge on any atom is -0.376 e. The normalized spacial score (nSPS) is 20.3. The van der Waals surface area contributed by atoms with Gasteiger partial charge in [0.25, 0.3) is 0 Å². The smallest absolute Gasteiger partial charge is 0.244 e. The Kier molecular flexibility index (Phi) is 4.06. The van der Waals surface area contributed by atoms with E-state index in [1.54, 1.807) is 6.20 Å². The molecule has 1 N–H and O–H groups in total. The second kappa shape index (κ2) is 6.50. The summed E-state index contributed by atoms with van der Waals surface area (Å²) in [6, 6.07) is 8.59. The predicted molar refractivity (Wildman–Crippen MR) is 88.5 cm³/mol. The third-order valence-corrected chi connectivity index (χ3v) is 4.51. The third-order valence-electron chi connectivity index (χ3n) is 4.51. The molecule has 2 aromatic rings. The number of fused-ring (bicyclic) bond motifs is 1. The molecule has 23 heavy (non-hydrogen) atoms. The van der Waals surface area contributed by atoms with Crippen LogP contribution in [0.25, 0.3) is 0 Å². The summed E-state index contributed by atoms with van der Waals surface area (Å²) >= 11 is 0. The average molecular weight is 311 g/mol. The van der Waals surface area contributed by atoms with Gasteiger partial charge in [-0.1, -0.05) is 24.3 Å². The van der Waals surface area contributed by atoms with Crippen molar-refractivity contribution < 1.29 is 4.74 Å². The van der Waals surface area contributed by atoms with Crippen molar-refractivity contribution >= 4 is 11.8 Å². The summed E-state index contributed by atoms with van der Waals surface area (Å²) in [6.07, 6.45) is 5.29. The summed E-state index contributed by atoms with van der Waals surface area (Å²) in [5.74, 6) is 1.46. The molecule has 3 heterocycles. The van der Waals surface area contributed by atoms with E-state index in [-0.39, 0.29) is 6.10 Å². The lowest BCUT2D eigenvalue weighted by molar-refractivity contribution is 0.120. The van der Waals surface area contributed by atoms with Crippen molar-refractivity contribution in [1.29, 1.82) is 0 Å². The van der Waals surface area contributed by atoms with Gasteiger partial charge in [0.15, 0.2) is 5.82 Å². The first kappa shape index (κ1) is 14.4. The number of hydrogen-bond acceptors (Lipinski definition) is 6. The average Bonchev–Trinajstić information content (AvgIpc) is 3.13. The van der Waals surface area contributed by atoms with E-state index in [0.717, 1.165) is 51.3 Å². The second-order valence-corrected chi connectivity index (χ2v) is 6.09. The number of hydrogen-bond donors (Lipinski definition) is 1. The van der Waals surface area contributed by atoms with Crippen molar-refractivity contribution in [1.82, 2.24) is 15.2 Å². The van der Waals surface area contributed by atoms with Gasteiger partial charge < -0.3 is 15.0 Å². The number of nitrogens with zero attached hydrogens (tertiary/aromatic N) is 4. The van der Waals surface area contributed by atoms with Crippen LogP contribution in [-0.2, 0) is 17.7 Å². The molecule has 1 unspecified atom stereocenters. The van der Waals surface area contributed by atoms with Gasteiger partial charge in [-0.3, -0.25) is 0 Å². The van der Waals surface area contributed by atoms with Gasteiger partial charge >= 0.3 is 0 Å². The lowest BCUT2D eigenvalue weighted by atomic mass is 10.0. The van der Waals surface area contributed by atoms with Crippen molar-refractivity contribution in [2.45, 2.75) is 31.9 Å². The molecule has 1 aromatic carbocycles. The van der Waals surface area contributed by atoms with Crippen molar-refractivity contribution in [3.63, 3.8) is 0 Å². The molecule has 0 radical (unpaired) electrons. The zero-order valence-corrected chi connectivity index (χ0v) is 13.1. The van der Waals surface area contributed by atoms with Crippen molar-refractivity contribution in [3.8, 4) is 0 Å². The molecule has 1 fully saturated rings. The van der Waals surface area contributed by atoms with E-state index < -0.39 is 0 Å². The first-order valence-corrected chi connectivity index (χ1v) is 8.25. The molecular formula is C17H21N5O. The van der Waals surface area contributed by atoms with Gasteiger partial charge in [0, 0.05) is 26.2 Å². The van der Waals surface area contributed by atoms with Gasteiger partial charge in [-0.25, -0.2) is 0 Å². The zero-order chi connectivity index (χ0) is 15.5. The highest BCUT2D eigenvalue weighted by atomic mass is 16.5. The lowest BCUT2D eigenvalue weighted by Gasteiger charge is -2.29. The summed E-state index contributed by atoms with van der Waals surface area (Å²) in [6.45, 7) is 3.44. The van der Waals surface area contributed by atoms with Crippen LogP contribution in [0.1, 0.15) is 24.0 Å². The van der Waals surface area contributed by atoms with E-state index in [0.29, 0.717) is 5.95 Å². The molecular weight excluding hydrogens is 290 g/mol. The standard InChI is InChI=1S/C17H21N5O/c1-2-5-14-12-22(8-7-13(14)4-1)16-11-19-21-17(20-16)18-10-15-6-3-9-23-15/h1-2,4-5,11,15H,3,6-10,12H2,(H,18,20,21). The maximum Gasteiger partial charge on any atom is 0.244 e. The fourth-order valence-electron chi connectivity index (χ4n) is 3.22. The highest BCUT2D eigenvalue weighted by Crippen LogP contribution is 2.23. The van der Waals surface area contributed by atoms with Crippen LogP contribution in [0.5, 0.6) is 0 Å². The zero-order valence-electron chi connectivity index (χ0n) is 13.1. The predicted octanol–water partition coefficient (Wildman–Crippen LogP) is 2.03. The number of nitrogens with one attached hydrogen (secondary N) is 1. The molecule has 0 amide bonds. The Hall–Kier alpha value is -2.21. The molecule has 120 valence electrons.